The minimum Gasteiger partial charge on any atom is -0.496 e. The molecule has 148 valence electrons. The van der Waals surface area contributed by atoms with Crippen molar-refractivity contribution in [3.05, 3.63) is 48.3 Å². The summed E-state index contributed by atoms with van der Waals surface area (Å²) in [5.74, 6) is 2.37. The Bertz CT molecular complexity index is 813. The van der Waals surface area contributed by atoms with Gasteiger partial charge in [0.15, 0.2) is 5.96 Å². The zero-order chi connectivity index (χ0) is 19.4. The third kappa shape index (κ3) is 3.61. The highest BCUT2D eigenvalue weighted by molar-refractivity contribution is 5.78. The van der Waals surface area contributed by atoms with Gasteiger partial charge < -0.3 is 20.3 Å². The van der Waals surface area contributed by atoms with E-state index in [0.717, 1.165) is 50.7 Å². The molecule has 7 nitrogen and oxygen atoms in total. The maximum atomic E-state index is 6.36. The van der Waals surface area contributed by atoms with Crippen molar-refractivity contribution in [3.63, 3.8) is 0 Å². The van der Waals surface area contributed by atoms with Crippen LogP contribution in [-0.2, 0) is 5.41 Å². The molecule has 0 amide bonds. The number of hydrogen-bond donors (Lipinski definition) is 1. The normalized spacial score (nSPS) is 19.2. The van der Waals surface area contributed by atoms with E-state index in [1.165, 1.54) is 12.0 Å². The second kappa shape index (κ2) is 8.04. The number of piperazine rings is 1. The van der Waals surface area contributed by atoms with Gasteiger partial charge in [-0.2, -0.15) is 0 Å². The highest BCUT2D eigenvalue weighted by atomic mass is 16.5. The molecule has 2 aliphatic rings. The maximum Gasteiger partial charge on any atom is 0.225 e. The summed E-state index contributed by atoms with van der Waals surface area (Å²) in [6.45, 7) is 4.06. The zero-order valence-corrected chi connectivity index (χ0v) is 16.4. The summed E-state index contributed by atoms with van der Waals surface area (Å²) in [7, 11) is 1.73. The van der Waals surface area contributed by atoms with Gasteiger partial charge in [0.05, 0.1) is 13.7 Å². The number of aromatic nitrogens is 2. The number of anilines is 1. The summed E-state index contributed by atoms with van der Waals surface area (Å²) in [4.78, 5) is 17.8. The monoisotopic (exact) mass is 380 g/mol. The van der Waals surface area contributed by atoms with Crippen LogP contribution in [0.25, 0.3) is 0 Å². The van der Waals surface area contributed by atoms with E-state index in [1.54, 1.807) is 19.5 Å². The number of aliphatic imine (C=N–C) groups is 1. The van der Waals surface area contributed by atoms with E-state index in [9.17, 15) is 0 Å². The fraction of sp³-hybridized carbons (Fsp3) is 0.476. The van der Waals surface area contributed by atoms with Crippen LogP contribution in [0.3, 0.4) is 0 Å². The molecular formula is C21H28N6O. The van der Waals surface area contributed by atoms with E-state index >= 15 is 0 Å². The van der Waals surface area contributed by atoms with Crippen LogP contribution in [0.5, 0.6) is 5.75 Å². The van der Waals surface area contributed by atoms with Crippen molar-refractivity contribution < 1.29 is 4.74 Å². The van der Waals surface area contributed by atoms with Crippen molar-refractivity contribution in [2.24, 2.45) is 10.7 Å². The first-order valence-corrected chi connectivity index (χ1v) is 9.92. The quantitative estimate of drug-likeness (QED) is 0.632. The molecule has 1 saturated heterocycles. The minimum atomic E-state index is 0.0525. The summed E-state index contributed by atoms with van der Waals surface area (Å²) in [6, 6.07) is 10.1. The SMILES string of the molecule is COc1ccccc1C1(CN=C(N)N2CCN(c3ncccn3)CC2)CCC1. The highest BCUT2D eigenvalue weighted by Crippen LogP contribution is 2.47. The molecule has 1 aliphatic heterocycles. The van der Waals surface area contributed by atoms with Crippen LogP contribution in [0, 0.1) is 0 Å². The van der Waals surface area contributed by atoms with Crippen LogP contribution in [0.15, 0.2) is 47.7 Å². The Morgan fingerprint density at radius 3 is 2.46 bits per heavy atom. The lowest BCUT2D eigenvalue weighted by Gasteiger charge is -2.42. The highest BCUT2D eigenvalue weighted by Gasteiger charge is 2.40. The van der Waals surface area contributed by atoms with E-state index in [0.29, 0.717) is 12.5 Å². The van der Waals surface area contributed by atoms with Gasteiger partial charge >= 0.3 is 0 Å². The van der Waals surface area contributed by atoms with Gasteiger partial charge in [0.25, 0.3) is 0 Å². The average Bonchev–Trinajstić information content (AvgIpc) is 2.74. The van der Waals surface area contributed by atoms with Crippen molar-refractivity contribution in [2.45, 2.75) is 24.7 Å². The summed E-state index contributed by atoms with van der Waals surface area (Å²) in [5.41, 5.74) is 7.67. The van der Waals surface area contributed by atoms with Crippen molar-refractivity contribution in [1.29, 1.82) is 0 Å². The van der Waals surface area contributed by atoms with E-state index < -0.39 is 0 Å². The Morgan fingerprint density at radius 1 is 1.11 bits per heavy atom. The number of hydrogen-bond acceptors (Lipinski definition) is 5. The molecule has 0 spiro atoms. The maximum absolute atomic E-state index is 6.36. The van der Waals surface area contributed by atoms with Gasteiger partial charge in [-0.25, -0.2) is 9.97 Å². The topological polar surface area (TPSA) is 79.9 Å². The van der Waals surface area contributed by atoms with Gasteiger partial charge in [0.1, 0.15) is 5.75 Å². The molecule has 2 aromatic rings. The molecule has 0 radical (unpaired) electrons. The van der Waals surface area contributed by atoms with E-state index in [-0.39, 0.29) is 5.41 Å². The Labute approximate surface area is 166 Å². The molecule has 1 aromatic heterocycles. The number of rotatable bonds is 5. The fourth-order valence-electron chi connectivity index (χ4n) is 4.12. The standard InChI is InChI=1S/C21H28N6O/c1-28-18-7-3-2-6-17(18)21(8-4-9-21)16-25-19(22)26-12-14-27(15-13-26)20-23-10-5-11-24-20/h2-3,5-7,10-11H,4,8-9,12-16H2,1H3,(H2,22,25). The first-order valence-electron chi connectivity index (χ1n) is 9.92. The van der Waals surface area contributed by atoms with Crippen molar-refractivity contribution in [2.75, 3.05) is 44.7 Å². The molecule has 1 aliphatic carbocycles. The molecule has 2 N–H and O–H groups in total. The lowest BCUT2D eigenvalue weighted by molar-refractivity contribution is 0.242. The summed E-state index contributed by atoms with van der Waals surface area (Å²) in [6.07, 6.45) is 7.04. The second-order valence-electron chi connectivity index (χ2n) is 7.53. The Balaban J connectivity index is 1.40. The molecule has 0 bridgehead atoms. The number of benzene rings is 1. The molecule has 1 saturated carbocycles. The van der Waals surface area contributed by atoms with Crippen molar-refractivity contribution in [1.82, 2.24) is 14.9 Å². The Hall–Kier alpha value is -2.83. The van der Waals surface area contributed by atoms with Crippen molar-refractivity contribution in [3.8, 4) is 5.75 Å². The third-order valence-corrected chi connectivity index (χ3v) is 5.97. The van der Waals surface area contributed by atoms with Gasteiger partial charge in [0.2, 0.25) is 5.95 Å². The molecule has 7 heteroatoms. The third-order valence-electron chi connectivity index (χ3n) is 5.97. The number of para-hydroxylation sites is 1. The van der Waals surface area contributed by atoms with E-state index in [2.05, 4.69) is 31.9 Å². The predicted octanol–water partition coefficient (Wildman–Crippen LogP) is 2.04. The molecule has 0 atom stereocenters. The molecule has 4 rings (SSSR count). The van der Waals surface area contributed by atoms with Gasteiger partial charge in [0, 0.05) is 49.6 Å². The molecule has 0 unspecified atom stereocenters. The van der Waals surface area contributed by atoms with Gasteiger partial charge in [-0.05, 0) is 25.0 Å². The summed E-state index contributed by atoms with van der Waals surface area (Å²) < 4.78 is 5.60. The second-order valence-corrected chi connectivity index (χ2v) is 7.53. The fourth-order valence-corrected chi connectivity index (χ4v) is 4.12. The smallest absolute Gasteiger partial charge is 0.225 e. The van der Waals surface area contributed by atoms with E-state index in [4.69, 9.17) is 15.5 Å². The number of guanidine groups is 1. The molecule has 2 heterocycles. The van der Waals surface area contributed by atoms with Crippen molar-refractivity contribution >= 4 is 11.9 Å². The number of methoxy groups -OCH3 is 1. The van der Waals surface area contributed by atoms with Gasteiger partial charge in [-0.1, -0.05) is 24.6 Å². The largest absolute Gasteiger partial charge is 0.496 e. The summed E-state index contributed by atoms with van der Waals surface area (Å²) in [5, 5.41) is 0. The van der Waals surface area contributed by atoms with E-state index in [1.807, 2.05) is 18.2 Å². The molecule has 1 aromatic carbocycles. The lowest BCUT2D eigenvalue weighted by Crippen LogP contribution is -2.52. The van der Waals surface area contributed by atoms with Gasteiger partial charge in [-0.3, -0.25) is 4.99 Å². The Morgan fingerprint density at radius 2 is 1.82 bits per heavy atom. The molecule has 28 heavy (non-hydrogen) atoms. The number of nitrogens with zero attached hydrogens (tertiary/aromatic N) is 5. The molecule has 2 fully saturated rings. The lowest BCUT2D eigenvalue weighted by atomic mass is 9.64. The van der Waals surface area contributed by atoms with Crippen LogP contribution in [0.2, 0.25) is 0 Å². The first-order chi connectivity index (χ1) is 13.7. The van der Waals surface area contributed by atoms with Crippen LogP contribution in [0.1, 0.15) is 24.8 Å². The predicted molar refractivity (Wildman–Crippen MR) is 111 cm³/mol. The van der Waals surface area contributed by atoms with Crippen LogP contribution in [0.4, 0.5) is 5.95 Å². The first kappa shape index (κ1) is 18.5. The minimum absolute atomic E-state index is 0.0525. The molecular weight excluding hydrogens is 352 g/mol. The average molecular weight is 380 g/mol. The number of ether oxygens (including phenoxy) is 1. The number of nitrogens with two attached hydrogens (primary N) is 1. The Kier molecular flexibility index (Phi) is 5.32. The van der Waals surface area contributed by atoms with Crippen LogP contribution < -0.4 is 15.4 Å². The van der Waals surface area contributed by atoms with Crippen LogP contribution >= 0.6 is 0 Å². The summed E-state index contributed by atoms with van der Waals surface area (Å²) >= 11 is 0. The van der Waals surface area contributed by atoms with Gasteiger partial charge in [-0.15, -0.1) is 0 Å². The zero-order valence-electron chi connectivity index (χ0n) is 16.4. The van der Waals surface area contributed by atoms with Crippen LogP contribution in [-0.4, -0.2) is 60.7 Å².